The fourth-order valence-electron chi connectivity index (χ4n) is 4.64. The fraction of sp³-hybridized carbons (Fsp3) is 0.581. The maximum Gasteiger partial charge on any atom is 0.306 e. The Morgan fingerprint density at radius 1 is 0.500 bits per heavy atom. The molecule has 0 aliphatic rings. The highest BCUT2D eigenvalue weighted by molar-refractivity contribution is 7.43. The van der Waals surface area contributed by atoms with Gasteiger partial charge in [-0.25, -0.2) is 0 Å². The molecule has 52 heavy (non-hydrogen) atoms. The van der Waals surface area contributed by atoms with Crippen LogP contribution in [0.1, 0.15) is 142 Å². The molecule has 0 aliphatic carbocycles. The van der Waals surface area contributed by atoms with Crippen molar-refractivity contribution in [2.45, 2.75) is 148 Å². The summed E-state index contributed by atoms with van der Waals surface area (Å²) in [4.78, 5) is 46.4. The van der Waals surface area contributed by atoms with Gasteiger partial charge in [0.1, 0.15) is 6.61 Å². The Balaban J connectivity index is 4.18. The van der Waals surface area contributed by atoms with Gasteiger partial charge in [0.05, 0.1) is 14.4 Å². The molecular weight excluding hydrogens is 675 g/mol. The normalized spacial score (nSPS) is 13.5. The maximum absolute atomic E-state index is 12.3. The van der Waals surface area contributed by atoms with Gasteiger partial charge in [-0.05, 0) is 89.9 Å². The summed E-state index contributed by atoms with van der Waals surface area (Å²) in [5.41, 5.74) is 0. The van der Waals surface area contributed by atoms with E-state index in [0.717, 1.165) is 51.4 Å². The monoisotopic (exact) mass is 742 g/mol. The third kappa shape index (κ3) is 39.8. The van der Waals surface area contributed by atoms with Crippen molar-refractivity contribution in [2.24, 2.45) is 0 Å². The number of phosphoric acid groups is 1. The van der Waals surface area contributed by atoms with Crippen LogP contribution < -0.4 is 9.79 Å². The van der Waals surface area contributed by atoms with Crippen molar-refractivity contribution < 1.29 is 37.9 Å². The third-order valence-electron chi connectivity index (χ3n) is 7.57. The summed E-state index contributed by atoms with van der Waals surface area (Å²) in [6.07, 6.45) is 50.9. The summed E-state index contributed by atoms with van der Waals surface area (Å²) in [5, 5.41) is 0. The summed E-state index contributed by atoms with van der Waals surface area (Å²) in [5.74, 6) is -1.10. The Morgan fingerprint density at radius 2 is 0.846 bits per heavy atom. The highest BCUT2D eigenvalue weighted by atomic mass is 31.2. The van der Waals surface area contributed by atoms with Crippen molar-refractivity contribution in [2.75, 3.05) is 13.2 Å². The van der Waals surface area contributed by atoms with E-state index in [9.17, 15) is 23.9 Å². The first-order valence-corrected chi connectivity index (χ1v) is 21.0. The Bertz CT molecular complexity index is 1160. The molecule has 1 atom stereocenters. The first-order chi connectivity index (χ1) is 25.3. The van der Waals surface area contributed by atoms with Crippen LogP contribution >= 0.6 is 7.82 Å². The van der Waals surface area contributed by atoms with Gasteiger partial charge >= 0.3 is 11.9 Å². The molecule has 0 unspecified atom stereocenters. The van der Waals surface area contributed by atoms with E-state index in [4.69, 9.17) is 9.47 Å². The summed E-state index contributed by atoms with van der Waals surface area (Å²) >= 11 is 0. The number of esters is 2. The average molecular weight is 743 g/mol. The molecule has 0 saturated heterocycles. The first-order valence-electron chi connectivity index (χ1n) is 19.5. The number of allylic oxidation sites excluding steroid dienone is 16. The van der Waals surface area contributed by atoms with Crippen molar-refractivity contribution in [1.82, 2.24) is 0 Å². The van der Waals surface area contributed by atoms with Crippen molar-refractivity contribution in [3.8, 4) is 0 Å². The molecule has 0 radical (unpaired) electrons. The molecule has 0 spiro atoms. The van der Waals surface area contributed by atoms with Crippen LogP contribution in [0, 0.1) is 0 Å². The van der Waals surface area contributed by atoms with Gasteiger partial charge in [-0.2, -0.15) is 0 Å². The van der Waals surface area contributed by atoms with Crippen LogP contribution in [0.4, 0.5) is 0 Å². The lowest BCUT2D eigenvalue weighted by Gasteiger charge is -2.30. The van der Waals surface area contributed by atoms with E-state index >= 15 is 0 Å². The predicted octanol–water partition coefficient (Wildman–Crippen LogP) is 10.6. The minimum atomic E-state index is -5.29. The van der Waals surface area contributed by atoms with Gasteiger partial charge in [0.25, 0.3) is 0 Å². The number of carbonyl (C=O) groups excluding carboxylic acids is 2. The van der Waals surface area contributed by atoms with Gasteiger partial charge in [-0.3, -0.25) is 9.59 Å². The highest BCUT2D eigenvalue weighted by Gasteiger charge is 2.18. The number of unbranched alkanes of at least 4 members (excludes halogenated alkanes) is 8. The summed E-state index contributed by atoms with van der Waals surface area (Å²) in [7, 11) is -5.29. The van der Waals surface area contributed by atoms with Crippen molar-refractivity contribution >= 4 is 19.8 Å². The zero-order valence-electron chi connectivity index (χ0n) is 32.1. The molecule has 0 fully saturated rings. The van der Waals surface area contributed by atoms with Crippen LogP contribution in [-0.4, -0.2) is 31.3 Å². The van der Waals surface area contributed by atoms with Crippen LogP contribution in [0.25, 0.3) is 0 Å². The van der Waals surface area contributed by atoms with Gasteiger partial charge in [0, 0.05) is 12.8 Å². The first kappa shape index (κ1) is 49.0. The Hall–Kier alpha value is -3.03. The van der Waals surface area contributed by atoms with Crippen LogP contribution in [0.3, 0.4) is 0 Å². The number of rotatable bonds is 34. The standard InChI is InChI=1S/C43H69O8P/c1-3-5-7-9-11-13-15-17-19-21-23-25-27-29-31-33-35-37-42(44)49-39-41(40-50-52(46,47)48)51-43(45)38-36-34-32-30-28-26-24-22-20-18-16-14-12-10-8-6-4-2/h11-14,17-20,23-26,29-32,41H,3-10,15-16,21-22,27-28,33-40H2,1-2H3,(H2,46,47,48)/p-2/b13-11-,14-12-,19-17-,20-18-,25-23-,26-24-,31-29-,32-30-/t41-/m1/s1. The number of phosphoric ester groups is 1. The molecule has 0 aromatic rings. The van der Waals surface area contributed by atoms with Gasteiger partial charge in [-0.15, -0.1) is 0 Å². The minimum absolute atomic E-state index is 0.0873. The second-order valence-corrected chi connectivity index (χ2v) is 13.7. The number of hydrogen-bond acceptors (Lipinski definition) is 8. The summed E-state index contributed by atoms with van der Waals surface area (Å²) in [6, 6.07) is 0. The molecule has 0 aromatic carbocycles. The lowest BCUT2D eigenvalue weighted by molar-refractivity contribution is -0.343. The second kappa shape index (κ2) is 37.7. The quantitative estimate of drug-likeness (QED) is 0.0276. The van der Waals surface area contributed by atoms with Gasteiger partial charge in [-0.1, -0.05) is 137 Å². The number of hydrogen-bond donors (Lipinski definition) is 0. The van der Waals surface area contributed by atoms with E-state index < -0.39 is 39.1 Å². The molecule has 0 bridgehead atoms. The Morgan fingerprint density at radius 3 is 1.21 bits per heavy atom. The molecule has 0 saturated carbocycles. The number of carbonyl (C=O) groups is 2. The number of ether oxygens (including phenoxy) is 2. The van der Waals surface area contributed by atoms with E-state index in [-0.39, 0.29) is 12.8 Å². The zero-order valence-corrected chi connectivity index (χ0v) is 33.0. The molecule has 0 aliphatic heterocycles. The van der Waals surface area contributed by atoms with Gasteiger partial charge in [0.2, 0.25) is 0 Å². The van der Waals surface area contributed by atoms with E-state index in [1.54, 1.807) is 0 Å². The van der Waals surface area contributed by atoms with E-state index in [1.165, 1.54) is 38.5 Å². The van der Waals surface area contributed by atoms with Crippen LogP contribution in [0.2, 0.25) is 0 Å². The van der Waals surface area contributed by atoms with Crippen LogP contribution in [0.5, 0.6) is 0 Å². The lowest BCUT2D eigenvalue weighted by Crippen LogP contribution is -2.31. The van der Waals surface area contributed by atoms with Gasteiger partial charge in [0.15, 0.2) is 6.10 Å². The lowest BCUT2D eigenvalue weighted by atomic mass is 10.2. The molecule has 0 rings (SSSR count). The maximum atomic E-state index is 12.3. The largest absolute Gasteiger partial charge is 0.790 e. The molecule has 0 heterocycles. The molecular formula is C43H67O8P-2. The minimum Gasteiger partial charge on any atom is -0.790 e. The summed E-state index contributed by atoms with van der Waals surface area (Å²) < 4.78 is 25.7. The second-order valence-electron chi connectivity index (χ2n) is 12.5. The van der Waals surface area contributed by atoms with Crippen molar-refractivity contribution in [3.63, 3.8) is 0 Å². The Kier molecular flexibility index (Phi) is 35.5. The zero-order chi connectivity index (χ0) is 38.2. The molecule has 0 N–H and O–H groups in total. The molecule has 0 amide bonds. The Labute approximate surface area is 315 Å². The highest BCUT2D eigenvalue weighted by Crippen LogP contribution is 2.25. The van der Waals surface area contributed by atoms with E-state index in [1.807, 2.05) is 24.3 Å². The van der Waals surface area contributed by atoms with Gasteiger partial charge < -0.3 is 28.3 Å². The van der Waals surface area contributed by atoms with E-state index in [0.29, 0.717) is 25.7 Å². The fourth-order valence-corrected chi connectivity index (χ4v) is 4.99. The van der Waals surface area contributed by atoms with Crippen LogP contribution in [0.15, 0.2) is 97.2 Å². The molecule has 8 nitrogen and oxygen atoms in total. The molecule has 294 valence electrons. The molecule has 0 aromatic heterocycles. The van der Waals surface area contributed by atoms with Crippen molar-refractivity contribution in [3.05, 3.63) is 97.2 Å². The summed E-state index contributed by atoms with van der Waals surface area (Å²) in [6.45, 7) is 3.32. The predicted molar refractivity (Wildman–Crippen MR) is 211 cm³/mol. The van der Waals surface area contributed by atoms with Crippen LogP contribution in [-0.2, 0) is 28.2 Å². The molecule has 9 heteroatoms. The smallest absolute Gasteiger partial charge is 0.306 e. The third-order valence-corrected chi connectivity index (χ3v) is 8.03. The average Bonchev–Trinajstić information content (AvgIpc) is 3.11. The van der Waals surface area contributed by atoms with E-state index in [2.05, 4.69) is 91.3 Å². The van der Waals surface area contributed by atoms with Crippen molar-refractivity contribution in [1.29, 1.82) is 0 Å². The topological polar surface area (TPSA) is 125 Å². The SMILES string of the molecule is CCCCC/C=C\C/C=C\C/C=C\C/C=C\CCCC(=O)OC[C@H](COP(=O)([O-])[O-])OC(=O)CCC/C=C\C/C=C\C/C=C\C/C=C\CCCCC.